The number of nitrogen functional groups attached to an aromatic ring is 1. The molecule has 3 aromatic rings. The normalized spacial score (nSPS) is 18.0. The lowest BCUT2D eigenvalue weighted by Crippen LogP contribution is -2.39. The fraction of sp³-hybridized carbons (Fsp3) is 0.333. The van der Waals surface area contributed by atoms with Gasteiger partial charge in [-0.15, -0.1) is 0 Å². The molecule has 5 N–H and O–H groups in total. The van der Waals surface area contributed by atoms with E-state index >= 15 is 0 Å². The van der Waals surface area contributed by atoms with E-state index < -0.39 is 18.0 Å². The number of nitrogens with two attached hydrogens (primary N) is 1. The lowest BCUT2D eigenvalue weighted by molar-refractivity contribution is -0.125. The predicted molar refractivity (Wildman–Crippen MR) is 141 cm³/mol. The summed E-state index contributed by atoms with van der Waals surface area (Å²) >= 11 is 5.93. The molecule has 2 amide bonds. The van der Waals surface area contributed by atoms with Crippen LogP contribution in [0.4, 0.5) is 10.2 Å². The van der Waals surface area contributed by atoms with Gasteiger partial charge in [0.2, 0.25) is 5.91 Å². The molecule has 200 valence electrons. The van der Waals surface area contributed by atoms with Crippen LogP contribution in [-0.2, 0) is 9.53 Å². The quantitative estimate of drug-likeness (QED) is 0.319. The number of nitrogens with zero attached hydrogens (tertiary/aromatic N) is 2. The highest BCUT2D eigenvalue weighted by Crippen LogP contribution is 2.34. The van der Waals surface area contributed by atoms with Gasteiger partial charge in [-0.2, -0.15) is 0 Å². The monoisotopic (exact) mass is 541 g/mol. The van der Waals surface area contributed by atoms with Gasteiger partial charge in [-0.05, 0) is 49.9 Å². The van der Waals surface area contributed by atoms with Crippen molar-refractivity contribution in [2.75, 3.05) is 19.5 Å². The first-order chi connectivity index (χ1) is 18.2. The van der Waals surface area contributed by atoms with Gasteiger partial charge < -0.3 is 26.2 Å². The summed E-state index contributed by atoms with van der Waals surface area (Å²) in [6.07, 6.45) is 3.46. The van der Waals surface area contributed by atoms with Crippen molar-refractivity contribution in [1.29, 1.82) is 0 Å². The van der Waals surface area contributed by atoms with Gasteiger partial charge in [0.25, 0.3) is 5.91 Å². The van der Waals surface area contributed by atoms with Crippen LogP contribution < -0.4 is 16.4 Å². The second-order valence-electron chi connectivity index (χ2n) is 9.20. The third kappa shape index (κ3) is 6.63. The highest BCUT2D eigenvalue weighted by atomic mass is 35.5. The van der Waals surface area contributed by atoms with Crippen LogP contribution in [0.5, 0.6) is 0 Å². The number of amides is 2. The molecule has 0 radical (unpaired) electrons. The van der Waals surface area contributed by atoms with E-state index in [1.807, 2.05) is 0 Å². The number of anilines is 1. The fourth-order valence-electron chi connectivity index (χ4n) is 4.56. The van der Waals surface area contributed by atoms with Gasteiger partial charge in [0.15, 0.2) is 6.23 Å². The van der Waals surface area contributed by atoms with Crippen molar-refractivity contribution in [3.8, 4) is 11.3 Å². The Morgan fingerprint density at radius 3 is 2.66 bits per heavy atom. The van der Waals surface area contributed by atoms with Crippen LogP contribution in [0.1, 0.15) is 59.4 Å². The summed E-state index contributed by atoms with van der Waals surface area (Å²) in [6, 6.07) is 10.5. The summed E-state index contributed by atoms with van der Waals surface area (Å²) in [5.41, 5.74) is 7.63. The minimum atomic E-state index is -1.36. The maximum Gasteiger partial charge on any atom is 0.256 e. The highest BCUT2D eigenvalue weighted by Gasteiger charge is 2.26. The number of aromatic nitrogens is 2. The molecule has 1 aliphatic rings. The minimum absolute atomic E-state index is 0.0339. The Kier molecular flexibility index (Phi) is 8.88. The summed E-state index contributed by atoms with van der Waals surface area (Å²) in [7, 11) is 1.48. The maximum atomic E-state index is 15.0. The topological polar surface area (TPSA) is 139 Å². The molecule has 11 heteroatoms. The Morgan fingerprint density at radius 1 is 1.21 bits per heavy atom. The first kappa shape index (κ1) is 27.4. The van der Waals surface area contributed by atoms with E-state index in [1.165, 1.54) is 31.4 Å². The molecule has 0 saturated heterocycles. The van der Waals surface area contributed by atoms with E-state index in [9.17, 15) is 19.1 Å². The third-order valence-electron chi connectivity index (χ3n) is 6.52. The number of rotatable bonds is 8. The van der Waals surface area contributed by atoms with Crippen molar-refractivity contribution in [1.82, 2.24) is 20.6 Å². The molecular formula is C27H29ClFN5O4. The zero-order valence-corrected chi connectivity index (χ0v) is 21.5. The number of halogens is 2. The lowest BCUT2D eigenvalue weighted by atomic mass is 9.84. The van der Waals surface area contributed by atoms with E-state index in [1.54, 1.807) is 24.4 Å². The van der Waals surface area contributed by atoms with Crippen molar-refractivity contribution in [2.45, 2.75) is 43.9 Å². The molecule has 0 bridgehead atoms. The number of aliphatic hydroxyl groups excluding tert-OH is 1. The summed E-state index contributed by atoms with van der Waals surface area (Å²) in [6.45, 7) is 0.0339. The highest BCUT2D eigenvalue weighted by molar-refractivity contribution is 6.30. The molecular weight excluding hydrogens is 513 g/mol. The minimum Gasteiger partial charge on any atom is -0.382 e. The van der Waals surface area contributed by atoms with Crippen molar-refractivity contribution in [3.63, 3.8) is 0 Å². The second-order valence-corrected chi connectivity index (χ2v) is 9.64. The van der Waals surface area contributed by atoms with Crippen molar-refractivity contribution < 1.29 is 23.8 Å². The van der Waals surface area contributed by atoms with E-state index in [0.29, 0.717) is 21.8 Å². The molecule has 1 atom stereocenters. The van der Waals surface area contributed by atoms with Gasteiger partial charge >= 0.3 is 0 Å². The zero-order chi connectivity index (χ0) is 27.2. The van der Waals surface area contributed by atoms with Crippen molar-refractivity contribution in [2.24, 2.45) is 0 Å². The van der Waals surface area contributed by atoms with Gasteiger partial charge in [0.1, 0.15) is 23.9 Å². The number of nitrogens with one attached hydrogen (secondary N) is 2. The van der Waals surface area contributed by atoms with Gasteiger partial charge in [-0.1, -0.05) is 29.8 Å². The van der Waals surface area contributed by atoms with Crippen LogP contribution in [-0.4, -0.2) is 46.6 Å². The third-order valence-corrected chi connectivity index (χ3v) is 6.76. The van der Waals surface area contributed by atoms with Gasteiger partial charge in [-0.3, -0.25) is 9.59 Å². The largest absolute Gasteiger partial charge is 0.382 e. The number of carbonyl (C=O) groups is 2. The van der Waals surface area contributed by atoms with Crippen molar-refractivity contribution >= 4 is 29.2 Å². The Hall–Kier alpha value is -3.60. The van der Waals surface area contributed by atoms with Crippen LogP contribution in [0.25, 0.3) is 11.3 Å². The average Bonchev–Trinajstić information content (AvgIpc) is 2.89. The first-order valence-electron chi connectivity index (χ1n) is 12.2. The van der Waals surface area contributed by atoms with E-state index in [0.717, 1.165) is 31.4 Å². The number of hydrogen-bond acceptors (Lipinski definition) is 7. The average molecular weight is 542 g/mol. The Bertz CT molecular complexity index is 1320. The fourth-order valence-corrected chi connectivity index (χ4v) is 4.76. The molecule has 9 nitrogen and oxygen atoms in total. The standard InChI is InChI=1S/C27H29ClFN5O4/c1-38-14-23(35)32-19-8-5-15(6-9-19)22-13-31-25(30)24(33-22)16-7-10-20(21(29)12-16)27(37)34-26(36)17-3-2-4-18(28)11-17/h2-4,7,10-13,15,19,26,36H,5-6,8-9,14H2,1H3,(H2,30,31)(H,32,35)(H,34,37)/t15?,19?,26-/m0/s1. The van der Waals surface area contributed by atoms with Crippen LogP contribution in [0.15, 0.2) is 48.7 Å². The zero-order valence-electron chi connectivity index (χ0n) is 20.8. The van der Waals surface area contributed by atoms with Crippen LogP contribution in [0.2, 0.25) is 5.02 Å². The molecule has 4 rings (SSSR count). The number of benzene rings is 2. The molecule has 38 heavy (non-hydrogen) atoms. The summed E-state index contributed by atoms with van der Waals surface area (Å²) < 4.78 is 19.9. The van der Waals surface area contributed by atoms with Crippen LogP contribution in [0.3, 0.4) is 0 Å². The van der Waals surface area contributed by atoms with Crippen LogP contribution >= 0.6 is 11.6 Å². The van der Waals surface area contributed by atoms with Gasteiger partial charge in [-0.25, -0.2) is 14.4 Å². The SMILES string of the molecule is COCC(=O)NC1CCC(c2cnc(N)c(-c3ccc(C(=O)N[C@@H](O)c4cccc(Cl)c4)c(F)c3)n2)CC1. The van der Waals surface area contributed by atoms with E-state index in [-0.39, 0.29) is 35.9 Å². The lowest BCUT2D eigenvalue weighted by Gasteiger charge is -2.28. The predicted octanol–water partition coefficient (Wildman–Crippen LogP) is 3.73. The summed E-state index contributed by atoms with van der Waals surface area (Å²) in [5.74, 6) is -1.45. The maximum absolute atomic E-state index is 15.0. The smallest absolute Gasteiger partial charge is 0.256 e. The Morgan fingerprint density at radius 2 is 1.97 bits per heavy atom. The Labute approximate surface area is 224 Å². The second kappa shape index (κ2) is 12.3. The molecule has 0 spiro atoms. The number of methoxy groups -OCH3 is 1. The van der Waals surface area contributed by atoms with Crippen molar-refractivity contribution in [3.05, 3.63) is 76.3 Å². The van der Waals surface area contributed by atoms with E-state index in [2.05, 4.69) is 20.6 Å². The summed E-state index contributed by atoms with van der Waals surface area (Å²) in [5, 5.41) is 16.0. The van der Waals surface area contributed by atoms with Gasteiger partial charge in [0, 0.05) is 35.2 Å². The molecule has 1 aromatic heterocycles. The number of hydrogen-bond donors (Lipinski definition) is 4. The van der Waals surface area contributed by atoms with E-state index in [4.69, 9.17) is 22.1 Å². The molecule has 1 fully saturated rings. The first-order valence-corrected chi connectivity index (χ1v) is 12.6. The molecule has 0 aliphatic heterocycles. The molecule has 1 heterocycles. The van der Waals surface area contributed by atoms with Crippen LogP contribution in [0, 0.1) is 5.82 Å². The number of carbonyl (C=O) groups excluding carboxylic acids is 2. The van der Waals surface area contributed by atoms with Gasteiger partial charge in [0.05, 0.1) is 17.5 Å². The Balaban J connectivity index is 1.45. The molecule has 0 unspecified atom stereocenters. The molecule has 1 saturated carbocycles. The molecule has 2 aromatic carbocycles. The number of aliphatic hydroxyl groups is 1. The summed E-state index contributed by atoms with van der Waals surface area (Å²) in [4.78, 5) is 33.3. The number of ether oxygens (including phenoxy) is 1. The molecule has 1 aliphatic carbocycles.